The van der Waals surface area contributed by atoms with Crippen LogP contribution in [0.15, 0.2) is 24.3 Å². The van der Waals surface area contributed by atoms with E-state index >= 15 is 0 Å². The molecule has 22 heavy (non-hydrogen) atoms. The van der Waals surface area contributed by atoms with Gasteiger partial charge in [0.2, 0.25) is 5.91 Å². The van der Waals surface area contributed by atoms with Crippen molar-refractivity contribution in [2.24, 2.45) is 0 Å². The molecule has 2 aliphatic rings. The predicted molar refractivity (Wildman–Crippen MR) is 80.0 cm³/mol. The van der Waals surface area contributed by atoms with E-state index in [1.165, 1.54) is 11.1 Å². The number of urea groups is 1. The van der Waals surface area contributed by atoms with Crippen LogP contribution < -0.4 is 10.6 Å². The molecule has 1 aromatic rings. The van der Waals surface area contributed by atoms with Crippen molar-refractivity contribution in [2.75, 3.05) is 7.05 Å². The Morgan fingerprint density at radius 1 is 1.32 bits per heavy atom. The van der Waals surface area contributed by atoms with Gasteiger partial charge in [0.15, 0.2) is 0 Å². The molecule has 6 nitrogen and oxygen atoms in total. The zero-order chi connectivity index (χ0) is 15.7. The van der Waals surface area contributed by atoms with Crippen LogP contribution in [0, 0.1) is 0 Å². The van der Waals surface area contributed by atoms with Crippen LogP contribution in [0.3, 0.4) is 0 Å². The summed E-state index contributed by atoms with van der Waals surface area (Å²) in [4.78, 5) is 36.8. The summed E-state index contributed by atoms with van der Waals surface area (Å²) in [6, 6.07) is 6.91. The van der Waals surface area contributed by atoms with Crippen LogP contribution in [-0.4, -0.2) is 35.8 Å². The molecule has 4 amide bonds. The highest BCUT2D eigenvalue weighted by molar-refractivity contribution is 6.05. The van der Waals surface area contributed by atoms with Crippen molar-refractivity contribution in [1.82, 2.24) is 15.5 Å². The molecule has 6 heteroatoms. The number of imide groups is 1. The molecule has 0 radical (unpaired) electrons. The zero-order valence-electron chi connectivity index (χ0n) is 12.5. The number of carbonyl (C=O) groups is 3. The molecule has 0 spiro atoms. The number of hydrogen-bond donors (Lipinski definition) is 2. The highest BCUT2D eigenvalue weighted by Crippen LogP contribution is 2.33. The maximum Gasteiger partial charge on any atom is 0.322 e. The summed E-state index contributed by atoms with van der Waals surface area (Å²) >= 11 is 0. The topological polar surface area (TPSA) is 78.5 Å². The van der Waals surface area contributed by atoms with Crippen LogP contribution in [0.2, 0.25) is 0 Å². The average molecular weight is 301 g/mol. The van der Waals surface area contributed by atoms with Gasteiger partial charge in [-0.05, 0) is 30.4 Å². The highest BCUT2D eigenvalue weighted by Gasteiger charge is 2.34. The fourth-order valence-electron chi connectivity index (χ4n) is 3.23. The van der Waals surface area contributed by atoms with E-state index in [9.17, 15) is 14.4 Å². The molecule has 0 unspecified atom stereocenters. The maximum absolute atomic E-state index is 12.5. The minimum Gasteiger partial charge on any atom is -0.339 e. The summed E-state index contributed by atoms with van der Waals surface area (Å²) in [7, 11) is 1.77. The normalized spacial score (nSPS) is 23.5. The first-order valence-electron chi connectivity index (χ1n) is 7.51. The number of nitrogens with zero attached hydrogens (tertiary/aromatic N) is 1. The van der Waals surface area contributed by atoms with E-state index in [-0.39, 0.29) is 18.4 Å². The number of amides is 4. The molecule has 1 aliphatic carbocycles. The number of carbonyl (C=O) groups excluding carboxylic acids is 3. The number of rotatable bonds is 3. The largest absolute Gasteiger partial charge is 0.339 e. The summed E-state index contributed by atoms with van der Waals surface area (Å²) in [6.45, 7) is 0. The molecule has 0 saturated carbocycles. The van der Waals surface area contributed by atoms with Crippen LogP contribution in [0.4, 0.5) is 4.79 Å². The third-order valence-electron chi connectivity index (χ3n) is 4.44. The Morgan fingerprint density at radius 3 is 2.82 bits per heavy atom. The minimum absolute atomic E-state index is 0.00720. The fraction of sp³-hybridized carbons (Fsp3) is 0.438. The van der Waals surface area contributed by atoms with Gasteiger partial charge in [-0.25, -0.2) is 4.79 Å². The SMILES string of the molecule is CN(C(=O)C[C@@H]1NC(=O)NC1=O)[C@@H]1CCCc2ccccc21. The van der Waals surface area contributed by atoms with Gasteiger partial charge < -0.3 is 10.2 Å². The zero-order valence-corrected chi connectivity index (χ0v) is 12.5. The Morgan fingerprint density at radius 2 is 2.09 bits per heavy atom. The van der Waals surface area contributed by atoms with Crippen molar-refractivity contribution in [1.29, 1.82) is 0 Å². The molecule has 1 saturated heterocycles. The van der Waals surface area contributed by atoms with Gasteiger partial charge in [0.1, 0.15) is 6.04 Å². The molecular weight excluding hydrogens is 282 g/mol. The Kier molecular flexibility index (Phi) is 3.83. The van der Waals surface area contributed by atoms with Crippen LogP contribution in [0.25, 0.3) is 0 Å². The quantitative estimate of drug-likeness (QED) is 0.821. The van der Waals surface area contributed by atoms with Crippen molar-refractivity contribution >= 4 is 17.8 Å². The lowest BCUT2D eigenvalue weighted by atomic mass is 9.87. The predicted octanol–water partition coefficient (Wildman–Crippen LogP) is 1.12. The van der Waals surface area contributed by atoms with E-state index in [0.717, 1.165) is 19.3 Å². The third kappa shape index (κ3) is 2.68. The first-order chi connectivity index (χ1) is 10.6. The van der Waals surface area contributed by atoms with E-state index in [1.54, 1.807) is 11.9 Å². The molecular formula is C16H19N3O3. The lowest BCUT2D eigenvalue weighted by Crippen LogP contribution is -2.39. The summed E-state index contributed by atoms with van der Waals surface area (Å²) in [5.41, 5.74) is 2.47. The van der Waals surface area contributed by atoms with Crippen LogP contribution in [-0.2, 0) is 16.0 Å². The number of hydrogen-bond acceptors (Lipinski definition) is 3. The Labute approximate surface area is 128 Å². The van der Waals surface area contributed by atoms with E-state index in [0.29, 0.717) is 0 Å². The lowest BCUT2D eigenvalue weighted by Gasteiger charge is -2.33. The highest BCUT2D eigenvalue weighted by atomic mass is 16.2. The number of benzene rings is 1. The Bertz CT molecular complexity index is 629. The number of aryl methyl sites for hydroxylation is 1. The second-order valence-electron chi connectivity index (χ2n) is 5.83. The molecule has 1 fully saturated rings. The van der Waals surface area contributed by atoms with E-state index < -0.39 is 18.0 Å². The summed E-state index contributed by atoms with van der Waals surface area (Å²) in [6.07, 6.45) is 2.99. The van der Waals surface area contributed by atoms with E-state index in [4.69, 9.17) is 0 Å². The summed E-state index contributed by atoms with van der Waals surface area (Å²) in [5.74, 6) is -0.570. The Balaban J connectivity index is 1.72. The molecule has 1 aromatic carbocycles. The molecule has 0 aromatic heterocycles. The van der Waals surface area contributed by atoms with Gasteiger partial charge in [-0.15, -0.1) is 0 Å². The van der Waals surface area contributed by atoms with Crippen LogP contribution in [0.5, 0.6) is 0 Å². The lowest BCUT2D eigenvalue weighted by molar-refractivity contribution is -0.135. The second-order valence-corrected chi connectivity index (χ2v) is 5.83. The van der Waals surface area contributed by atoms with E-state index in [2.05, 4.69) is 22.8 Å². The first kappa shape index (κ1) is 14.6. The molecule has 2 N–H and O–H groups in total. The minimum atomic E-state index is -0.763. The monoisotopic (exact) mass is 301 g/mol. The standard InChI is InChI=1S/C16H19N3O3/c1-19(14(20)9-12-15(21)18-16(22)17-12)13-8-4-6-10-5-2-3-7-11(10)13/h2-3,5,7,12-13H,4,6,8-9H2,1H3,(H2,17,18,21,22)/t12-,13+/m0/s1. The molecule has 0 bridgehead atoms. The van der Waals surface area contributed by atoms with Crippen molar-refractivity contribution in [3.63, 3.8) is 0 Å². The second kappa shape index (κ2) is 5.79. The van der Waals surface area contributed by atoms with Gasteiger partial charge in [-0.3, -0.25) is 14.9 Å². The van der Waals surface area contributed by atoms with Crippen molar-refractivity contribution in [2.45, 2.75) is 37.8 Å². The van der Waals surface area contributed by atoms with Gasteiger partial charge >= 0.3 is 6.03 Å². The van der Waals surface area contributed by atoms with Crippen LogP contribution >= 0.6 is 0 Å². The summed E-state index contributed by atoms with van der Waals surface area (Å²) < 4.78 is 0. The Hall–Kier alpha value is -2.37. The molecule has 2 atom stereocenters. The van der Waals surface area contributed by atoms with E-state index in [1.807, 2.05) is 12.1 Å². The molecule has 3 rings (SSSR count). The van der Waals surface area contributed by atoms with Gasteiger partial charge in [-0.2, -0.15) is 0 Å². The average Bonchev–Trinajstić information content (AvgIpc) is 2.83. The molecule has 1 aliphatic heterocycles. The van der Waals surface area contributed by atoms with Gasteiger partial charge in [-0.1, -0.05) is 24.3 Å². The summed E-state index contributed by atoms with van der Waals surface area (Å²) in [5, 5.41) is 4.61. The van der Waals surface area contributed by atoms with Crippen LogP contribution in [0.1, 0.15) is 36.4 Å². The number of nitrogens with one attached hydrogen (secondary N) is 2. The molecule has 1 heterocycles. The number of fused-ring (bicyclic) bond motifs is 1. The van der Waals surface area contributed by atoms with Gasteiger partial charge in [0.25, 0.3) is 5.91 Å². The van der Waals surface area contributed by atoms with Crippen molar-refractivity contribution < 1.29 is 14.4 Å². The smallest absolute Gasteiger partial charge is 0.322 e. The fourth-order valence-corrected chi connectivity index (χ4v) is 3.23. The van der Waals surface area contributed by atoms with Crippen molar-refractivity contribution in [3.05, 3.63) is 35.4 Å². The van der Waals surface area contributed by atoms with Gasteiger partial charge in [0, 0.05) is 7.05 Å². The first-order valence-corrected chi connectivity index (χ1v) is 7.51. The van der Waals surface area contributed by atoms with Crippen molar-refractivity contribution in [3.8, 4) is 0 Å². The van der Waals surface area contributed by atoms with Gasteiger partial charge in [0.05, 0.1) is 12.5 Å². The third-order valence-corrected chi connectivity index (χ3v) is 4.44. The molecule has 116 valence electrons. The maximum atomic E-state index is 12.5.